The summed E-state index contributed by atoms with van der Waals surface area (Å²) in [6.45, 7) is 6.70. The van der Waals surface area contributed by atoms with E-state index in [4.69, 9.17) is 31.5 Å². The SMILES string of the molecule is C[C@@H](NC(=O)[C@@H](N)CCN(C(=O)CO)[C@@H](c1nc(-c2cc(F)ccc2F)cn1Cc1ccccc1)C(C)(C)C)C(=O)NCCCC[C@H](N)C(=O)O.O=C(O)C(F)(F)F. The first-order chi connectivity index (χ1) is 27.0. The summed E-state index contributed by atoms with van der Waals surface area (Å²) >= 11 is 0. The standard InChI is InChI=1S/C36H49F2N7O6.C2HF3O2/c1-22(33(48)41-16-9-8-12-28(40)35(50)51)42-34(49)27(39)15-17-45(30(47)21-46)31(36(2,3)4)32-43-29(25-18-24(37)13-14-26(25)38)20-44(32)19-23-10-6-5-7-11-23;3-2(4,5)1(6)7/h5-7,10-11,13-14,18,20,22,27-28,31,46H,8-9,12,15-17,19,21,39-40H2,1-4H3,(H,41,48)(H,42,49)(H,50,51);(H,6,7)/t22-,27+,28+,31+;/m1./s1. The van der Waals surface area contributed by atoms with Gasteiger partial charge in [0.15, 0.2) is 0 Å². The summed E-state index contributed by atoms with van der Waals surface area (Å²) in [6, 6.07) is 8.58. The van der Waals surface area contributed by atoms with Crippen LogP contribution in [0.2, 0.25) is 0 Å². The van der Waals surface area contributed by atoms with Crippen LogP contribution in [-0.2, 0) is 30.5 Å². The summed E-state index contributed by atoms with van der Waals surface area (Å²) in [4.78, 5) is 64.8. The van der Waals surface area contributed by atoms with Crippen molar-refractivity contribution in [3.63, 3.8) is 0 Å². The number of rotatable bonds is 18. The molecule has 0 unspecified atom stereocenters. The number of benzene rings is 2. The Labute approximate surface area is 331 Å². The van der Waals surface area contributed by atoms with E-state index in [0.29, 0.717) is 18.7 Å². The van der Waals surface area contributed by atoms with E-state index in [1.807, 2.05) is 51.1 Å². The number of aliphatic carboxylic acids is 2. The molecule has 0 saturated heterocycles. The molecule has 4 atom stereocenters. The van der Waals surface area contributed by atoms with Crippen molar-refractivity contribution in [2.24, 2.45) is 16.9 Å². The van der Waals surface area contributed by atoms with E-state index in [1.165, 1.54) is 11.8 Å². The summed E-state index contributed by atoms with van der Waals surface area (Å²) in [7, 11) is 0. The molecule has 2 aromatic carbocycles. The number of hydrogen-bond donors (Lipinski definition) is 7. The topological polar surface area (TPSA) is 243 Å². The summed E-state index contributed by atoms with van der Waals surface area (Å²) in [6.07, 6.45) is -2.28. The number of carboxylic acids is 2. The first kappa shape index (κ1) is 48.7. The number of carbonyl (C=O) groups is 5. The predicted molar refractivity (Wildman–Crippen MR) is 200 cm³/mol. The summed E-state index contributed by atoms with van der Waals surface area (Å²) in [5.74, 6) is -6.58. The average Bonchev–Trinajstić information content (AvgIpc) is 3.54. The summed E-state index contributed by atoms with van der Waals surface area (Å²) in [5, 5.41) is 31.3. The predicted octanol–water partition coefficient (Wildman–Crippen LogP) is 3.34. The molecule has 1 heterocycles. The van der Waals surface area contributed by atoms with Gasteiger partial charge in [0, 0.05) is 31.4 Å². The van der Waals surface area contributed by atoms with E-state index >= 15 is 0 Å². The molecule has 3 rings (SSSR count). The smallest absolute Gasteiger partial charge is 0.480 e. The molecule has 20 heteroatoms. The van der Waals surface area contributed by atoms with E-state index in [2.05, 4.69) is 10.6 Å². The number of aliphatic hydroxyl groups is 1. The molecule has 320 valence electrons. The van der Waals surface area contributed by atoms with Gasteiger partial charge in [-0.05, 0) is 61.8 Å². The van der Waals surface area contributed by atoms with E-state index in [9.17, 15) is 46.2 Å². The van der Waals surface area contributed by atoms with Crippen LogP contribution in [0, 0.1) is 17.0 Å². The van der Waals surface area contributed by atoms with Gasteiger partial charge in [0.25, 0.3) is 0 Å². The minimum atomic E-state index is -5.08. The highest BCUT2D eigenvalue weighted by Gasteiger charge is 2.39. The molecule has 3 aromatic rings. The quantitative estimate of drug-likeness (QED) is 0.0725. The molecular formula is C38H50F5N7O8. The fourth-order valence-corrected chi connectivity index (χ4v) is 5.63. The number of hydrogen-bond acceptors (Lipinski definition) is 9. The highest BCUT2D eigenvalue weighted by molar-refractivity contribution is 5.89. The molecule has 0 radical (unpaired) electrons. The lowest BCUT2D eigenvalue weighted by atomic mass is 9.84. The Hall–Kier alpha value is -5.47. The second kappa shape index (κ2) is 21.9. The zero-order valence-electron chi connectivity index (χ0n) is 32.4. The largest absolute Gasteiger partial charge is 0.490 e. The number of nitrogens with two attached hydrogens (primary N) is 2. The van der Waals surface area contributed by atoms with Gasteiger partial charge in [-0.3, -0.25) is 19.2 Å². The van der Waals surface area contributed by atoms with Crippen molar-refractivity contribution in [2.75, 3.05) is 19.7 Å². The van der Waals surface area contributed by atoms with Crippen LogP contribution < -0.4 is 22.1 Å². The van der Waals surface area contributed by atoms with Crippen molar-refractivity contribution in [3.05, 3.63) is 77.8 Å². The van der Waals surface area contributed by atoms with E-state index in [1.54, 1.807) is 10.8 Å². The zero-order chi connectivity index (χ0) is 44.0. The van der Waals surface area contributed by atoms with E-state index in [-0.39, 0.29) is 43.7 Å². The van der Waals surface area contributed by atoms with Crippen LogP contribution in [0.15, 0.2) is 54.7 Å². The lowest BCUT2D eigenvalue weighted by molar-refractivity contribution is -0.192. The molecule has 0 aliphatic carbocycles. The molecule has 0 aliphatic rings. The summed E-state index contributed by atoms with van der Waals surface area (Å²) < 4.78 is 62.7. The normalized spacial score (nSPS) is 13.6. The van der Waals surface area contributed by atoms with Crippen molar-refractivity contribution in [1.82, 2.24) is 25.1 Å². The number of carboxylic acid groups (broad SMARTS) is 2. The molecule has 58 heavy (non-hydrogen) atoms. The third kappa shape index (κ3) is 15.1. The number of amides is 3. The van der Waals surface area contributed by atoms with Gasteiger partial charge in [0.05, 0.1) is 17.8 Å². The Balaban J connectivity index is 0.00000151. The van der Waals surface area contributed by atoms with Crippen LogP contribution in [0.5, 0.6) is 0 Å². The van der Waals surface area contributed by atoms with Crippen LogP contribution in [0.3, 0.4) is 0 Å². The number of imidazole rings is 1. The monoisotopic (exact) mass is 827 g/mol. The van der Waals surface area contributed by atoms with Crippen molar-refractivity contribution >= 4 is 29.7 Å². The molecule has 0 aliphatic heterocycles. The number of nitrogens with one attached hydrogen (secondary N) is 2. The Morgan fingerprint density at radius 1 is 0.914 bits per heavy atom. The van der Waals surface area contributed by atoms with E-state index < -0.39 is 83.7 Å². The first-order valence-electron chi connectivity index (χ1n) is 18.1. The summed E-state index contributed by atoms with van der Waals surface area (Å²) in [5.41, 5.74) is 12.0. The second-order valence-corrected chi connectivity index (χ2v) is 14.4. The Bertz CT molecular complexity index is 1850. The number of nitrogens with zero attached hydrogens (tertiary/aromatic N) is 3. The molecule has 0 bridgehead atoms. The van der Waals surface area contributed by atoms with Crippen LogP contribution in [0.25, 0.3) is 11.3 Å². The maximum Gasteiger partial charge on any atom is 0.490 e. The molecule has 9 N–H and O–H groups in total. The first-order valence-corrected chi connectivity index (χ1v) is 18.1. The van der Waals surface area contributed by atoms with Gasteiger partial charge in [-0.15, -0.1) is 0 Å². The molecule has 15 nitrogen and oxygen atoms in total. The van der Waals surface area contributed by atoms with Gasteiger partial charge in [-0.25, -0.2) is 18.6 Å². The van der Waals surface area contributed by atoms with Crippen molar-refractivity contribution < 1.29 is 61.2 Å². The van der Waals surface area contributed by atoms with Gasteiger partial charge >= 0.3 is 18.1 Å². The van der Waals surface area contributed by atoms with Crippen LogP contribution in [-0.4, -0.2) is 103 Å². The molecule has 1 aromatic heterocycles. The lowest BCUT2D eigenvalue weighted by Crippen LogP contribution is -2.52. The van der Waals surface area contributed by atoms with Gasteiger partial charge in [-0.2, -0.15) is 13.2 Å². The minimum absolute atomic E-state index is 0.0485. The third-order valence-corrected chi connectivity index (χ3v) is 8.61. The maximum atomic E-state index is 15.0. The number of aromatic nitrogens is 2. The van der Waals surface area contributed by atoms with Crippen LogP contribution in [0.1, 0.15) is 70.8 Å². The van der Waals surface area contributed by atoms with E-state index in [0.717, 1.165) is 23.8 Å². The molecule has 3 amide bonds. The number of halogens is 5. The Kier molecular flexibility index (Phi) is 18.4. The van der Waals surface area contributed by atoms with Gasteiger partial charge < -0.3 is 46.9 Å². The van der Waals surface area contributed by atoms with Gasteiger partial charge in [0.2, 0.25) is 17.7 Å². The maximum absolute atomic E-state index is 15.0. The van der Waals surface area contributed by atoms with Gasteiger partial charge in [-0.1, -0.05) is 51.1 Å². The Morgan fingerprint density at radius 3 is 2.09 bits per heavy atom. The molecule has 0 saturated carbocycles. The number of unbranched alkanes of at least 4 members (excludes halogenated alkanes) is 1. The van der Waals surface area contributed by atoms with Crippen molar-refractivity contribution in [3.8, 4) is 11.3 Å². The molecular weight excluding hydrogens is 777 g/mol. The minimum Gasteiger partial charge on any atom is -0.480 e. The lowest BCUT2D eigenvalue weighted by Gasteiger charge is -2.40. The second-order valence-electron chi connectivity index (χ2n) is 14.4. The number of carbonyl (C=O) groups excluding carboxylic acids is 3. The number of aliphatic hydroxyl groups excluding tert-OH is 1. The number of alkyl halides is 3. The molecule has 0 spiro atoms. The van der Waals surface area contributed by atoms with Crippen molar-refractivity contribution in [2.45, 2.75) is 90.3 Å². The highest BCUT2D eigenvalue weighted by Crippen LogP contribution is 2.39. The van der Waals surface area contributed by atoms with Crippen LogP contribution in [0.4, 0.5) is 22.0 Å². The third-order valence-electron chi connectivity index (χ3n) is 8.61. The average molecular weight is 828 g/mol. The Morgan fingerprint density at radius 2 is 1.53 bits per heavy atom. The highest BCUT2D eigenvalue weighted by atomic mass is 19.4. The fraction of sp³-hybridized carbons (Fsp3) is 0.474. The van der Waals surface area contributed by atoms with Gasteiger partial charge in [0.1, 0.15) is 36.1 Å². The van der Waals surface area contributed by atoms with Crippen LogP contribution >= 0.6 is 0 Å². The van der Waals surface area contributed by atoms with Crippen molar-refractivity contribution in [1.29, 1.82) is 0 Å². The fourth-order valence-electron chi connectivity index (χ4n) is 5.63. The molecule has 0 fully saturated rings. The zero-order valence-corrected chi connectivity index (χ0v) is 32.4.